The number of rotatable bonds is 4. The third kappa shape index (κ3) is 3.78. The summed E-state index contributed by atoms with van der Waals surface area (Å²) in [6.45, 7) is -0.453. The van der Waals surface area contributed by atoms with E-state index in [1.807, 2.05) is 0 Å². The molecule has 0 aliphatic rings. The van der Waals surface area contributed by atoms with Crippen molar-refractivity contribution in [2.45, 2.75) is 12.8 Å². The summed E-state index contributed by atoms with van der Waals surface area (Å²) >= 11 is 0. The van der Waals surface area contributed by atoms with Gasteiger partial charge in [-0.3, -0.25) is 0 Å². The number of hydrogen-bond donors (Lipinski definition) is 0. The molecule has 0 atom stereocenters. The van der Waals surface area contributed by atoms with E-state index in [9.17, 15) is 18.0 Å². The van der Waals surface area contributed by atoms with Gasteiger partial charge in [0.1, 0.15) is 12.4 Å². The number of alkyl halides is 3. The highest BCUT2D eigenvalue weighted by atomic mass is 19.4. The Labute approximate surface area is 125 Å². The molecule has 22 heavy (non-hydrogen) atoms. The van der Waals surface area contributed by atoms with Crippen molar-refractivity contribution in [2.75, 3.05) is 7.11 Å². The van der Waals surface area contributed by atoms with Crippen LogP contribution in [0.1, 0.15) is 21.5 Å². The first kappa shape index (κ1) is 15.9. The van der Waals surface area contributed by atoms with Crippen molar-refractivity contribution in [3.8, 4) is 5.75 Å². The number of carbonyl (C=O) groups is 1. The third-order valence-corrected chi connectivity index (χ3v) is 2.99. The van der Waals surface area contributed by atoms with E-state index < -0.39 is 24.3 Å². The Balaban J connectivity index is 2.12. The van der Waals surface area contributed by atoms with Crippen molar-refractivity contribution in [3.63, 3.8) is 0 Å². The summed E-state index contributed by atoms with van der Waals surface area (Å²) < 4.78 is 48.4. The SMILES string of the molecule is COc1cccc(C(=O)OCc2ccccc2C(F)(F)F)c1. The van der Waals surface area contributed by atoms with Gasteiger partial charge < -0.3 is 9.47 Å². The molecule has 6 heteroatoms. The number of hydrogen-bond acceptors (Lipinski definition) is 3. The molecule has 116 valence electrons. The van der Waals surface area contributed by atoms with Gasteiger partial charge in [0, 0.05) is 5.56 Å². The van der Waals surface area contributed by atoms with Gasteiger partial charge in [0.05, 0.1) is 18.2 Å². The molecule has 0 spiro atoms. The Hall–Kier alpha value is -2.50. The van der Waals surface area contributed by atoms with Crippen LogP contribution in [0.2, 0.25) is 0 Å². The minimum atomic E-state index is -4.49. The molecular formula is C16H13F3O3. The molecule has 0 aromatic heterocycles. The Morgan fingerprint density at radius 1 is 1.09 bits per heavy atom. The Bertz CT molecular complexity index is 666. The molecule has 0 heterocycles. The fourth-order valence-electron chi connectivity index (χ4n) is 1.90. The van der Waals surface area contributed by atoms with E-state index in [0.29, 0.717) is 5.75 Å². The van der Waals surface area contributed by atoms with Gasteiger partial charge in [-0.2, -0.15) is 13.2 Å². The van der Waals surface area contributed by atoms with E-state index in [-0.39, 0.29) is 11.1 Å². The number of halogens is 3. The normalized spacial score (nSPS) is 11.1. The topological polar surface area (TPSA) is 35.5 Å². The van der Waals surface area contributed by atoms with Crippen LogP contribution in [0, 0.1) is 0 Å². The molecule has 0 unspecified atom stereocenters. The summed E-state index contributed by atoms with van der Waals surface area (Å²) in [4.78, 5) is 11.9. The predicted molar refractivity (Wildman–Crippen MR) is 73.6 cm³/mol. The lowest BCUT2D eigenvalue weighted by Crippen LogP contribution is -2.12. The number of methoxy groups -OCH3 is 1. The van der Waals surface area contributed by atoms with Crippen LogP contribution in [-0.2, 0) is 17.5 Å². The number of carbonyl (C=O) groups excluding carboxylic acids is 1. The van der Waals surface area contributed by atoms with Crippen molar-refractivity contribution in [2.24, 2.45) is 0 Å². The van der Waals surface area contributed by atoms with Gasteiger partial charge in [-0.05, 0) is 24.3 Å². The molecule has 3 nitrogen and oxygen atoms in total. The molecular weight excluding hydrogens is 297 g/mol. The fourth-order valence-corrected chi connectivity index (χ4v) is 1.90. The average Bonchev–Trinajstić information content (AvgIpc) is 2.52. The lowest BCUT2D eigenvalue weighted by atomic mass is 10.1. The highest BCUT2D eigenvalue weighted by Gasteiger charge is 2.33. The second kappa shape index (κ2) is 6.51. The molecule has 0 aliphatic heterocycles. The zero-order chi connectivity index (χ0) is 16.2. The molecule has 0 bridgehead atoms. The van der Waals surface area contributed by atoms with Gasteiger partial charge in [0.2, 0.25) is 0 Å². The maximum Gasteiger partial charge on any atom is 0.416 e. The Morgan fingerprint density at radius 3 is 2.50 bits per heavy atom. The van der Waals surface area contributed by atoms with Crippen molar-refractivity contribution >= 4 is 5.97 Å². The van der Waals surface area contributed by atoms with Crippen LogP contribution >= 0.6 is 0 Å². The van der Waals surface area contributed by atoms with Crippen LogP contribution in [0.25, 0.3) is 0 Å². The lowest BCUT2D eigenvalue weighted by Gasteiger charge is -2.13. The zero-order valence-electron chi connectivity index (χ0n) is 11.7. The summed E-state index contributed by atoms with van der Waals surface area (Å²) in [6.07, 6.45) is -4.49. The van der Waals surface area contributed by atoms with Crippen molar-refractivity contribution < 1.29 is 27.4 Å². The maximum atomic E-state index is 12.8. The van der Waals surface area contributed by atoms with E-state index in [1.54, 1.807) is 12.1 Å². The molecule has 2 aromatic rings. The lowest BCUT2D eigenvalue weighted by molar-refractivity contribution is -0.138. The van der Waals surface area contributed by atoms with Crippen molar-refractivity contribution in [3.05, 3.63) is 65.2 Å². The van der Waals surface area contributed by atoms with Gasteiger partial charge in [-0.1, -0.05) is 24.3 Å². The number of benzene rings is 2. The molecule has 0 N–H and O–H groups in total. The summed E-state index contributed by atoms with van der Waals surface area (Å²) in [5.74, 6) is -0.249. The summed E-state index contributed by atoms with van der Waals surface area (Å²) in [5.41, 5.74) is -0.691. The van der Waals surface area contributed by atoms with Crippen LogP contribution in [0.15, 0.2) is 48.5 Å². The van der Waals surface area contributed by atoms with Gasteiger partial charge in [-0.15, -0.1) is 0 Å². The van der Waals surface area contributed by atoms with Crippen molar-refractivity contribution in [1.82, 2.24) is 0 Å². The van der Waals surface area contributed by atoms with E-state index in [2.05, 4.69) is 0 Å². The Kier molecular flexibility index (Phi) is 4.70. The minimum Gasteiger partial charge on any atom is -0.497 e. The monoisotopic (exact) mass is 310 g/mol. The van der Waals surface area contributed by atoms with E-state index >= 15 is 0 Å². The molecule has 0 aliphatic carbocycles. The molecule has 0 radical (unpaired) electrons. The van der Waals surface area contributed by atoms with Crippen LogP contribution < -0.4 is 4.74 Å². The largest absolute Gasteiger partial charge is 0.497 e. The van der Waals surface area contributed by atoms with Crippen LogP contribution in [-0.4, -0.2) is 13.1 Å². The quantitative estimate of drug-likeness (QED) is 0.799. The van der Waals surface area contributed by atoms with Gasteiger partial charge >= 0.3 is 12.1 Å². The first-order valence-corrected chi connectivity index (χ1v) is 6.38. The van der Waals surface area contributed by atoms with Crippen LogP contribution in [0.5, 0.6) is 5.75 Å². The van der Waals surface area contributed by atoms with Crippen LogP contribution in [0.4, 0.5) is 13.2 Å². The minimum absolute atomic E-state index is 0.0914. The smallest absolute Gasteiger partial charge is 0.416 e. The summed E-state index contributed by atoms with van der Waals surface area (Å²) in [6, 6.07) is 11.2. The highest BCUT2D eigenvalue weighted by Crippen LogP contribution is 2.32. The second-order valence-corrected chi connectivity index (χ2v) is 4.46. The number of esters is 1. The van der Waals surface area contributed by atoms with Gasteiger partial charge in [-0.25, -0.2) is 4.79 Å². The number of ether oxygens (including phenoxy) is 2. The van der Waals surface area contributed by atoms with Crippen LogP contribution in [0.3, 0.4) is 0 Å². The van der Waals surface area contributed by atoms with E-state index in [1.165, 1.54) is 37.4 Å². The van der Waals surface area contributed by atoms with Crippen molar-refractivity contribution in [1.29, 1.82) is 0 Å². The molecule has 0 fully saturated rings. The molecule has 2 aromatic carbocycles. The second-order valence-electron chi connectivity index (χ2n) is 4.46. The summed E-state index contributed by atoms with van der Waals surface area (Å²) in [7, 11) is 1.45. The standard InChI is InChI=1S/C16H13F3O3/c1-21-13-7-4-6-11(9-13)15(20)22-10-12-5-2-3-8-14(12)16(17,18)19/h2-9H,10H2,1H3. The maximum absolute atomic E-state index is 12.8. The first-order valence-electron chi connectivity index (χ1n) is 6.38. The summed E-state index contributed by atoms with van der Waals surface area (Å²) in [5, 5.41) is 0. The van der Waals surface area contributed by atoms with Gasteiger partial charge in [0.15, 0.2) is 0 Å². The molecule has 0 saturated heterocycles. The third-order valence-electron chi connectivity index (χ3n) is 2.99. The predicted octanol–water partition coefficient (Wildman–Crippen LogP) is 4.07. The first-order chi connectivity index (χ1) is 10.4. The van der Waals surface area contributed by atoms with Gasteiger partial charge in [0.25, 0.3) is 0 Å². The molecule has 2 rings (SSSR count). The molecule has 0 saturated carbocycles. The Morgan fingerprint density at radius 2 is 1.82 bits per heavy atom. The molecule has 0 amide bonds. The zero-order valence-corrected chi connectivity index (χ0v) is 11.7. The van der Waals surface area contributed by atoms with E-state index in [4.69, 9.17) is 9.47 Å². The highest BCUT2D eigenvalue weighted by molar-refractivity contribution is 5.89. The average molecular weight is 310 g/mol. The fraction of sp³-hybridized carbons (Fsp3) is 0.188. The van der Waals surface area contributed by atoms with E-state index in [0.717, 1.165) is 6.07 Å².